The van der Waals surface area contributed by atoms with Gasteiger partial charge in [0.2, 0.25) is 0 Å². The molecule has 0 radical (unpaired) electrons. The standard InChI is InChI=1S/C21H30N2O4/c1-21(2,25)14-15-6-8-23(9-7-15)20(24)19-13-16-12-17(27-11-10-26-3)4-5-18(16)22-19/h4-5,12-13,15,22,25H,6-11,14H2,1-3H3. The summed E-state index contributed by atoms with van der Waals surface area (Å²) in [6, 6.07) is 7.66. The highest BCUT2D eigenvalue weighted by Crippen LogP contribution is 2.28. The van der Waals surface area contributed by atoms with E-state index >= 15 is 0 Å². The van der Waals surface area contributed by atoms with Crippen LogP contribution in [0.1, 0.15) is 43.6 Å². The average Bonchev–Trinajstić information content (AvgIpc) is 3.04. The van der Waals surface area contributed by atoms with Gasteiger partial charge in [0.05, 0.1) is 12.2 Å². The first-order valence-corrected chi connectivity index (χ1v) is 9.62. The van der Waals surface area contributed by atoms with Gasteiger partial charge in [-0.05, 0) is 63.3 Å². The second kappa shape index (κ2) is 8.31. The Morgan fingerprint density at radius 1 is 1.26 bits per heavy atom. The maximum Gasteiger partial charge on any atom is 0.270 e. The predicted octanol–water partition coefficient (Wildman–Crippen LogP) is 3.21. The summed E-state index contributed by atoms with van der Waals surface area (Å²) < 4.78 is 10.6. The molecule has 27 heavy (non-hydrogen) atoms. The van der Waals surface area contributed by atoms with Crippen LogP contribution in [0.3, 0.4) is 0 Å². The van der Waals surface area contributed by atoms with Gasteiger partial charge in [-0.3, -0.25) is 4.79 Å². The summed E-state index contributed by atoms with van der Waals surface area (Å²) >= 11 is 0. The summed E-state index contributed by atoms with van der Waals surface area (Å²) in [5, 5.41) is 11.0. The van der Waals surface area contributed by atoms with Crippen LogP contribution in [0, 0.1) is 5.92 Å². The number of aromatic nitrogens is 1. The number of carbonyl (C=O) groups is 1. The van der Waals surface area contributed by atoms with Crippen LogP contribution >= 0.6 is 0 Å². The van der Waals surface area contributed by atoms with Crippen molar-refractivity contribution in [3.63, 3.8) is 0 Å². The molecule has 1 aliphatic rings. The van der Waals surface area contributed by atoms with Crippen molar-refractivity contribution in [2.24, 2.45) is 5.92 Å². The summed E-state index contributed by atoms with van der Waals surface area (Å²) in [7, 11) is 1.64. The highest BCUT2D eigenvalue weighted by molar-refractivity contribution is 5.98. The van der Waals surface area contributed by atoms with Gasteiger partial charge in [0.1, 0.15) is 18.1 Å². The molecule has 0 unspecified atom stereocenters. The van der Waals surface area contributed by atoms with Crippen LogP contribution in [0.2, 0.25) is 0 Å². The van der Waals surface area contributed by atoms with Crippen LogP contribution in [0.4, 0.5) is 0 Å². The molecule has 0 atom stereocenters. The number of ether oxygens (including phenoxy) is 2. The molecule has 2 N–H and O–H groups in total. The first-order valence-electron chi connectivity index (χ1n) is 9.62. The lowest BCUT2D eigenvalue weighted by atomic mass is 9.86. The number of amides is 1. The Morgan fingerprint density at radius 2 is 2.00 bits per heavy atom. The number of hydrogen-bond donors (Lipinski definition) is 2. The molecule has 1 aromatic carbocycles. The molecular weight excluding hydrogens is 344 g/mol. The smallest absolute Gasteiger partial charge is 0.270 e. The molecule has 1 aliphatic heterocycles. The Labute approximate surface area is 160 Å². The van der Waals surface area contributed by atoms with E-state index in [1.165, 1.54) is 0 Å². The average molecular weight is 374 g/mol. The lowest BCUT2D eigenvalue weighted by Gasteiger charge is -2.34. The monoisotopic (exact) mass is 374 g/mol. The van der Waals surface area contributed by atoms with Gasteiger partial charge in [0, 0.05) is 31.1 Å². The van der Waals surface area contributed by atoms with E-state index in [1.807, 2.05) is 43.0 Å². The zero-order valence-electron chi connectivity index (χ0n) is 16.5. The maximum atomic E-state index is 12.9. The third-order valence-electron chi connectivity index (χ3n) is 5.07. The minimum atomic E-state index is -0.642. The lowest BCUT2D eigenvalue weighted by molar-refractivity contribution is 0.0357. The van der Waals surface area contributed by atoms with E-state index in [9.17, 15) is 9.90 Å². The van der Waals surface area contributed by atoms with Crippen molar-refractivity contribution in [2.75, 3.05) is 33.4 Å². The predicted molar refractivity (Wildman–Crippen MR) is 105 cm³/mol. The van der Waals surface area contributed by atoms with Crippen molar-refractivity contribution >= 4 is 16.8 Å². The summed E-state index contributed by atoms with van der Waals surface area (Å²) in [6.07, 6.45) is 2.66. The number of H-pyrrole nitrogens is 1. The number of fused-ring (bicyclic) bond motifs is 1. The van der Waals surface area contributed by atoms with Crippen LogP contribution in [-0.2, 0) is 4.74 Å². The molecule has 0 bridgehead atoms. The number of aromatic amines is 1. The molecule has 0 spiro atoms. The molecule has 2 aromatic rings. The number of nitrogens with one attached hydrogen (secondary N) is 1. The number of benzene rings is 1. The van der Waals surface area contributed by atoms with E-state index in [2.05, 4.69) is 4.98 Å². The van der Waals surface area contributed by atoms with E-state index in [1.54, 1.807) is 7.11 Å². The molecule has 0 aliphatic carbocycles. The van der Waals surface area contributed by atoms with Gasteiger partial charge in [0.15, 0.2) is 0 Å². The first-order chi connectivity index (χ1) is 12.9. The van der Waals surface area contributed by atoms with Crippen molar-refractivity contribution in [2.45, 2.75) is 38.7 Å². The Morgan fingerprint density at radius 3 is 2.67 bits per heavy atom. The van der Waals surface area contributed by atoms with Gasteiger partial charge >= 0.3 is 0 Å². The summed E-state index contributed by atoms with van der Waals surface area (Å²) in [5.41, 5.74) is 0.895. The van der Waals surface area contributed by atoms with Gasteiger partial charge < -0.3 is 24.5 Å². The van der Waals surface area contributed by atoms with Crippen LogP contribution in [0.25, 0.3) is 10.9 Å². The molecule has 1 fully saturated rings. The number of likely N-dealkylation sites (tertiary alicyclic amines) is 1. The van der Waals surface area contributed by atoms with Crippen LogP contribution in [0.15, 0.2) is 24.3 Å². The molecule has 148 valence electrons. The van der Waals surface area contributed by atoms with Gasteiger partial charge in [-0.15, -0.1) is 0 Å². The number of methoxy groups -OCH3 is 1. The van der Waals surface area contributed by atoms with Gasteiger partial charge in [-0.1, -0.05) is 0 Å². The second-order valence-corrected chi connectivity index (χ2v) is 8.03. The number of aliphatic hydroxyl groups is 1. The molecule has 1 aromatic heterocycles. The highest BCUT2D eigenvalue weighted by atomic mass is 16.5. The fraction of sp³-hybridized carbons (Fsp3) is 0.571. The second-order valence-electron chi connectivity index (χ2n) is 8.03. The van der Waals surface area contributed by atoms with E-state index in [0.717, 1.165) is 49.0 Å². The molecule has 3 rings (SSSR count). The highest BCUT2D eigenvalue weighted by Gasteiger charge is 2.28. The number of rotatable bonds is 7. The van der Waals surface area contributed by atoms with E-state index in [-0.39, 0.29) is 5.91 Å². The lowest BCUT2D eigenvalue weighted by Crippen LogP contribution is -2.40. The van der Waals surface area contributed by atoms with E-state index in [0.29, 0.717) is 24.8 Å². The Kier molecular flexibility index (Phi) is 6.07. The topological polar surface area (TPSA) is 74.8 Å². The summed E-state index contributed by atoms with van der Waals surface area (Å²) in [5.74, 6) is 1.28. The summed E-state index contributed by atoms with van der Waals surface area (Å²) in [4.78, 5) is 18.0. The van der Waals surface area contributed by atoms with Crippen LogP contribution in [0.5, 0.6) is 5.75 Å². The molecule has 1 saturated heterocycles. The number of nitrogens with zero attached hydrogens (tertiary/aromatic N) is 1. The van der Waals surface area contributed by atoms with E-state index in [4.69, 9.17) is 9.47 Å². The minimum absolute atomic E-state index is 0.0368. The SMILES string of the molecule is COCCOc1ccc2[nH]c(C(=O)N3CCC(CC(C)(C)O)CC3)cc2c1. The third kappa shape index (κ3) is 5.23. The van der Waals surface area contributed by atoms with E-state index < -0.39 is 5.60 Å². The molecule has 6 nitrogen and oxygen atoms in total. The Bertz CT molecular complexity index is 770. The van der Waals surface area contributed by atoms with Gasteiger partial charge in [-0.25, -0.2) is 0 Å². The van der Waals surface area contributed by atoms with Gasteiger partial charge in [-0.2, -0.15) is 0 Å². The van der Waals surface area contributed by atoms with Crippen molar-refractivity contribution in [1.29, 1.82) is 0 Å². The fourth-order valence-electron chi connectivity index (χ4n) is 3.78. The zero-order chi connectivity index (χ0) is 19.4. The Hall–Kier alpha value is -2.05. The maximum absolute atomic E-state index is 12.9. The quantitative estimate of drug-likeness (QED) is 0.730. The largest absolute Gasteiger partial charge is 0.491 e. The molecule has 0 saturated carbocycles. The minimum Gasteiger partial charge on any atom is -0.491 e. The Balaban J connectivity index is 1.62. The molecular formula is C21H30N2O4. The number of carbonyl (C=O) groups excluding carboxylic acids is 1. The summed E-state index contributed by atoms with van der Waals surface area (Å²) in [6.45, 7) is 6.21. The first kappa shape index (κ1) is 19.7. The zero-order valence-corrected chi connectivity index (χ0v) is 16.5. The number of piperidine rings is 1. The third-order valence-corrected chi connectivity index (χ3v) is 5.07. The van der Waals surface area contributed by atoms with Gasteiger partial charge in [0.25, 0.3) is 5.91 Å². The molecule has 1 amide bonds. The molecule has 6 heteroatoms. The number of hydrogen-bond acceptors (Lipinski definition) is 4. The van der Waals surface area contributed by atoms with Crippen molar-refractivity contribution in [1.82, 2.24) is 9.88 Å². The van der Waals surface area contributed by atoms with Crippen molar-refractivity contribution < 1.29 is 19.4 Å². The fourth-order valence-corrected chi connectivity index (χ4v) is 3.78. The molecule has 2 heterocycles. The van der Waals surface area contributed by atoms with Crippen molar-refractivity contribution in [3.05, 3.63) is 30.0 Å². The van der Waals surface area contributed by atoms with Crippen LogP contribution in [-0.4, -0.2) is 59.9 Å². The van der Waals surface area contributed by atoms with Crippen molar-refractivity contribution in [3.8, 4) is 5.75 Å². The normalized spacial score (nSPS) is 16.1. The van der Waals surface area contributed by atoms with Crippen LogP contribution < -0.4 is 4.74 Å².